The molecule has 1 aromatic rings. The minimum atomic E-state index is -3.57. The number of aliphatic hydroxyl groups excluding tert-OH is 1. The van der Waals surface area contributed by atoms with Crippen molar-refractivity contribution in [3.05, 3.63) is 11.5 Å². The Balaban J connectivity index is 2.40. The second-order valence-electron chi connectivity index (χ2n) is 3.96. The first-order chi connectivity index (χ1) is 7.43. The Labute approximate surface area is 93.9 Å². The molecule has 1 N–H and O–H groups in total. The van der Waals surface area contributed by atoms with Crippen molar-refractivity contribution in [3.8, 4) is 0 Å². The van der Waals surface area contributed by atoms with Crippen LogP contribution in [0.25, 0.3) is 0 Å². The van der Waals surface area contributed by atoms with Gasteiger partial charge < -0.3 is 9.63 Å². The van der Waals surface area contributed by atoms with Crippen molar-refractivity contribution in [1.29, 1.82) is 0 Å². The maximum Gasteiger partial charge on any atom is 0.248 e. The van der Waals surface area contributed by atoms with Gasteiger partial charge in [-0.05, 0) is 20.3 Å². The average Bonchev–Trinajstić information content (AvgIpc) is 2.74. The number of aromatic nitrogens is 1. The highest BCUT2D eigenvalue weighted by Crippen LogP contribution is 2.25. The Morgan fingerprint density at radius 1 is 1.50 bits per heavy atom. The van der Waals surface area contributed by atoms with Crippen molar-refractivity contribution in [2.75, 3.05) is 13.1 Å². The number of nitrogens with zero attached hydrogens (tertiary/aromatic N) is 2. The van der Waals surface area contributed by atoms with E-state index >= 15 is 0 Å². The molecule has 1 fully saturated rings. The smallest absolute Gasteiger partial charge is 0.248 e. The lowest BCUT2D eigenvalue weighted by Crippen LogP contribution is -2.30. The van der Waals surface area contributed by atoms with E-state index in [4.69, 9.17) is 4.52 Å². The van der Waals surface area contributed by atoms with Crippen molar-refractivity contribution in [2.45, 2.75) is 31.3 Å². The van der Waals surface area contributed by atoms with Crippen LogP contribution in [0.5, 0.6) is 0 Å². The van der Waals surface area contributed by atoms with Gasteiger partial charge in [0.05, 0.1) is 6.10 Å². The maximum absolute atomic E-state index is 12.2. The van der Waals surface area contributed by atoms with E-state index in [0.29, 0.717) is 24.4 Å². The van der Waals surface area contributed by atoms with Gasteiger partial charge in [-0.15, -0.1) is 0 Å². The van der Waals surface area contributed by atoms with E-state index in [1.54, 1.807) is 13.8 Å². The third-order valence-electron chi connectivity index (χ3n) is 2.69. The van der Waals surface area contributed by atoms with Crippen molar-refractivity contribution < 1.29 is 18.0 Å². The second kappa shape index (κ2) is 3.83. The van der Waals surface area contributed by atoms with Crippen molar-refractivity contribution in [1.82, 2.24) is 9.46 Å². The molecular formula is C9H14N2O4S. The highest BCUT2D eigenvalue weighted by molar-refractivity contribution is 7.89. The van der Waals surface area contributed by atoms with Crippen molar-refractivity contribution >= 4 is 10.0 Å². The first kappa shape index (κ1) is 11.6. The van der Waals surface area contributed by atoms with Gasteiger partial charge in [-0.25, -0.2) is 8.42 Å². The summed E-state index contributed by atoms with van der Waals surface area (Å²) >= 11 is 0. The lowest BCUT2D eigenvalue weighted by Gasteiger charge is -2.14. The zero-order valence-electron chi connectivity index (χ0n) is 9.17. The fourth-order valence-electron chi connectivity index (χ4n) is 1.90. The maximum atomic E-state index is 12.2. The Morgan fingerprint density at radius 3 is 2.62 bits per heavy atom. The number of rotatable bonds is 2. The van der Waals surface area contributed by atoms with Crippen molar-refractivity contribution in [2.24, 2.45) is 0 Å². The summed E-state index contributed by atoms with van der Waals surface area (Å²) in [6.45, 7) is 3.65. The lowest BCUT2D eigenvalue weighted by molar-refractivity contribution is 0.189. The fourth-order valence-corrected chi connectivity index (χ4v) is 3.68. The van der Waals surface area contributed by atoms with Gasteiger partial charge in [0, 0.05) is 13.1 Å². The number of hydrogen-bond acceptors (Lipinski definition) is 5. The van der Waals surface area contributed by atoms with Crippen LogP contribution in [-0.2, 0) is 10.0 Å². The van der Waals surface area contributed by atoms with Crippen LogP contribution in [0.3, 0.4) is 0 Å². The summed E-state index contributed by atoms with van der Waals surface area (Å²) in [7, 11) is -3.57. The fraction of sp³-hybridized carbons (Fsp3) is 0.667. The lowest BCUT2D eigenvalue weighted by atomic mass is 10.3. The van der Waals surface area contributed by atoms with E-state index in [9.17, 15) is 13.5 Å². The van der Waals surface area contributed by atoms with Gasteiger partial charge in [0.1, 0.15) is 10.6 Å². The normalized spacial score (nSPS) is 22.8. The van der Waals surface area contributed by atoms with Crippen LogP contribution in [-0.4, -0.2) is 42.2 Å². The first-order valence-corrected chi connectivity index (χ1v) is 6.48. The van der Waals surface area contributed by atoms with Gasteiger partial charge in [0.15, 0.2) is 5.76 Å². The number of sulfonamides is 1. The molecule has 0 amide bonds. The van der Waals surface area contributed by atoms with Gasteiger partial charge >= 0.3 is 0 Å². The molecule has 1 aliphatic heterocycles. The monoisotopic (exact) mass is 246 g/mol. The Morgan fingerprint density at radius 2 is 2.19 bits per heavy atom. The van der Waals surface area contributed by atoms with E-state index in [1.165, 1.54) is 4.31 Å². The van der Waals surface area contributed by atoms with E-state index in [0.717, 1.165) is 0 Å². The molecule has 2 heterocycles. The van der Waals surface area contributed by atoms with Gasteiger partial charge in [-0.3, -0.25) is 0 Å². The van der Waals surface area contributed by atoms with Crippen LogP contribution >= 0.6 is 0 Å². The van der Waals surface area contributed by atoms with Crippen LogP contribution in [0.1, 0.15) is 17.9 Å². The number of aliphatic hydroxyl groups is 1. The van der Waals surface area contributed by atoms with E-state index < -0.39 is 16.1 Å². The SMILES string of the molecule is Cc1noc(C)c1S(=O)(=O)N1CCC(O)C1. The van der Waals surface area contributed by atoms with Gasteiger partial charge in [-0.2, -0.15) is 4.31 Å². The molecule has 0 saturated carbocycles. The van der Waals surface area contributed by atoms with Crippen LogP contribution in [0, 0.1) is 13.8 Å². The minimum absolute atomic E-state index is 0.126. The predicted octanol–water partition coefficient (Wildman–Crippen LogP) is 0.0467. The number of aryl methyl sites for hydroxylation is 2. The molecule has 2 rings (SSSR count). The zero-order chi connectivity index (χ0) is 11.9. The van der Waals surface area contributed by atoms with E-state index in [1.807, 2.05) is 0 Å². The van der Waals surface area contributed by atoms with E-state index in [2.05, 4.69) is 5.16 Å². The standard InChI is InChI=1S/C9H14N2O4S/c1-6-9(7(2)15-10-6)16(13,14)11-4-3-8(12)5-11/h8,12H,3-5H2,1-2H3. The van der Waals surface area contributed by atoms with E-state index in [-0.39, 0.29) is 11.4 Å². The summed E-state index contributed by atoms with van der Waals surface area (Å²) in [5.74, 6) is 0.291. The van der Waals surface area contributed by atoms with Crippen molar-refractivity contribution in [3.63, 3.8) is 0 Å². The molecule has 1 unspecified atom stereocenters. The third-order valence-corrected chi connectivity index (χ3v) is 4.80. The molecule has 1 aromatic heterocycles. The molecule has 0 aromatic carbocycles. The molecule has 1 saturated heterocycles. The Kier molecular flexibility index (Phi) is 2.77. The molecule has 16 heavy (non-hydrogen) atoms. The number of hydrogen-bond donors (Lipinski definition) is 1. The van der Waals surface area contributed by atoms with Gasteiger partial charge in [0.25, 0.3) is 0 Å². The second-order valence-corrected chi connectivity index (χ2v) is 5.83. The molecule has 0 spiro atoms. The summed E-state index contributed by atoms with van der Waals surface area (Å²) in [6, 6.07) is 0. The third kappa shape index (κ3) is 1.74. The average molecular weight is 246 g/mol. The molecule has 0 aliphatic carbocycles. The summed E-state index contributed by atoms with van der Waals surface area (Å²) in [4.78, 5) is 0.126. The van der Waals surface area contributed by atoms with Gasteiger partial charge in [-0.1, -0.05) is 5.16 Å². The Hall–Kier alpha value is -0.920. The molecule has 90 valence electrons. The van der Waals surface area contributed by atoms with Crippen LogP contribution < -0.4 is 0 Å². The highest BCUT2D eigenvalue weighted by Gasteiger charge is 2.35. The summed E-state index contributed by atoms with van der Waals surface area (Å²) in [6.07, 6.45) is -0.0990. The quantitative estimate of drug-likeness (QED) is 0.797. The molecule has 1 atom stereocenters. The summed E-state index contributed by atoms with van der Waals surface area (Å²) in [5, 5.41) is 13.0. The highest BCUT2D eigenvalue weighted by atomic mass is 32.2. The van der Waals surface area contributed by atoms with Crippen LogP contribution in [0.2, 0.25) is 0 Å². The molecule has 0 radical (unpaired) electrons. The van der Waals surface area contributed by atoms with Gasteiger partial charge in [0.2, 0.25) is 10.0 Å². The molecule has 7 heteroatoms. The first-order valence-electron chi connectivity index (χ1n) is 5.04. The molecule has 1 aliphatic rings. The molecule has 6 nitrogen and oxygen atoms in total. The predicted molar refractivity (Wildman–Crippen MR) is 55.4 cm³/mol. The zero-order valence-corrected chi connectivity index (χ0v) is 9.99. The number of β-amino-alcohol motifs (C(OH)–C–C–N with tert-alkyl or cyclic N) is 1. The Bertz CT molecular complexity index is 474. The topological polar surface area (TPSA) is 83.6 Å². The summed E-state index contributed by atoms with van der Waals surface area (Å²) < 4.78 is 30.5. The summed E-state index contributed by atoms with van der Waals surface area (Å²) in [5.41, 5.74) is 0.360. The largest absolute Gasteiger partial charge is 0.392 e. The molecule has 0 bridgehead atoms. The molecular weight excluding hydrogens is 232 g/mol. The van der Waals surface area contributed by atoms with Crippen LogP contribution in [0.15, 0.2) is 9.42 Å². The minimum Gasteiger partial charge on any atom is -0.392 e. The van der Waals surface area contributed by atoms with Crippen LogP contribution in [0.4, 0.5) is 0 Å².